The SMILES string of the molecule is CSCOC(=O)C(O)C[C@@H](C)[C@H]1CC[C@H]2[C@@H]3C(=O)C[C@@H]4CCCC[C@]4(C)[C@H]3CC[C@]12C. The molecular weight excluding hydrogens is 408 g/mol. The number of carbonyl (C=O) groups excluding carboxylic acids is 2. The average molecular weight is 451 g/mol. The van der Waals surface area contributed by atoms with Crippen molar-refractivity contribution in [3.8, 4) is 0 Å². The summed E-state index contributed by atoms with van der Waals surface area (Å²) in [6, 6.07) is 0. The van der Waals surface area contributed by atoms with Crippen molar-refractivity contribution in [3.05, 3.63) is 0 Å². The Bertz CT molecular complexity index is 695. The predicted molar refractivity (Wildman–Crippen MR) is 124 cm³/mol. The van der Waals surface area contributed by atoms with Crippen LogP contribution in [0.3, 0.4) is 0 Å². The maximum Gasteiger partial charge on any atom is 0.335 e. The van der Waals surface area contributed by atoms with Gasteiger partial charge < -0.3 is 9.84 Å². The number of aliphatic hydroxyl groups excluding tert-OH is 1. The fourth-order valence-electron chi connectivity index (χ4n) is 8.76. The van der Waals surface area contributed by atoms with E-state index in [0.29, 0.717) is 47.2 Å². The van der Waals surface area contributed by atoms with E-state index in [1.165, 1.54) is 50.3 Å². The molecule has 5 heteroatoms. The van der Waals surface area contributed by atoms with E-state index in [1.807, 2.05) is 6.26 Å². The lowest BCUT2D eigenvalue weighted by atomic mass is 9.44. The predicted octanol–water partition coefficient (Wildman–Crippen LogP) is 5.47. The monoisotopic (exact) mass is 450 g/mol. The number of aliphatic hydroxyl groups is 1. The van der Waals surface area contributed by atoms with Gasteiger partial charge in [0.25, 0.3) is 0 Å². The van der Waals surface area contributed by atoms with Crippen molar-refractivity contribution < 1.29 is 19.4 Å². The molecule has 0 bridgehead atoms. The lowest BCUT2D eigenvalue weighted by molar-refractivity contribution is -0.157. The van der Waals surface area contributed by atoms with E-state index in [0.717, 1.165) is 19.3 Å². The Kier molecular flexibility index (Phi) is 6.86. The number of ketones is 1. The number of hydrogen-bond acceptors (Lipinski definition) is 5. The third-order valence-electron chi connectivity index (χ3n) is 10.3. The van der Waals surface area contributed by atoms with Gasteiger partial charge in [-0.2, -0.15) is 0 Å². The Labute approximate surface area is 192 Å². The third-order valence-corrected chi connectivity index (χ3v) is 10.7. The first kappa shape index (κ1) is 23.6. The Morgan fingerprint density at radius 3 is 2.61 bits per heavy atom. The standard InChI is InChI=1S/C26H42O4S/c1-16(13-22(28)24(29)30-15-31-4)18-8-9-19-23-20(10-12-26(18,19)3)25(2)11-6-5-7-17(25)14-21(23)27/h16-20,22-23,28H,5-15H2,1-4H3/t16-,17+,18-,19+,20+,22?,23+,25+,26-/m1/s1. The van der Waals surface area contributed by atoms with Gasteiger partial charge in [-0.1, -0.05) is 33.6 Å². The molecule has 0 radical (unpaired) electrons. The second kappa shape index (κ2) is 9.00. The minimum absolute atomic E-state index is 0.150. The molecule has 4 fully saturated rings. The molecule has 176 valence electrons. The molecule has 0 aromatic carbocycles. The summed E-state index contributed by atoms with van der Waals surface area (Å²) in [5.74, 6) is 2.96. The molecule has 9 atom stereocenters. The molecule has 0 spiro atoms. The van der Waals surface area contributed by atoms with Crippen LogP contribution in [0.15, 0.2) is 0 Å². The van der Waals surface area contributed by atoms with Gasteiger partial charge in [-0.15, -0.1) is 11.8 Å². The van der Waals surface area contributed by atoms with Crippen LogP contribution in [0.5, 0.6) is 0 Å². The van der Waals surface area contributed by atoms with E-state index in [4.69, 9.17) is 4.74 Å². The quantitative estimate of drug-likeness (QED) is 0.430. The molecule has 0 amide bonds. The number of fused-ring (bicyclic) bond motifs is 5. The second-order valence-electron chi connectivity index (χ2n) is 11.7. The van der Waals surface area contributed by atoms with Gasteiger partial charge in [-0.05, 0) is 91.6 Å². The van der Waals surface area contributed by atoms with Gasteiger partial charge >= 0.3 is 5.97 Å². The number of esters is 1. The molecule has 4 aliphatic rings. The van der Waals surface area contributed by atoms with Gasteiger partial charge in [-0.25, -0.2) is 4.79 Å². The molecule has 4 nitrogen and oxygen atoms in total. The van der Waals surface area contributed by atoms with Crippen molar-refractivity contribution in [2.75, 3.05) is 12.2 Å². The number of rotatable bonds is 6. The van der Waals surface area contributed by atoms with Gasteiger partial charge in [0.2, 0.25) is 0 Å². The summed E-state index contributed by atoms with van der Waals surface area (Å²) in [4.78, 5) is 25.5. The lowest BCUT2D eigenvalue weighted by Crippen LogP contribution is -2.56. The average Bonchev–Trinajstić information content (AvgIpc) is 3.09. The number of hydrogen-bond donors (Lipinski definition) is 1. The summed E-state index contributed by atoms with van der Waals surface area (Å²) in [6.07, 6.45) is 11.9. The lowest BCUT2D eigenvalue weighted by Gasteiger charge is -2.60. The van der Waals surface area contributed by atoms with Gasteiger partial charge in [0.15, 0.2) is 6.10 Å². The molecule has 31 heavy (non-hydrogen) atoms. The largest absolute Gasteiger partial charge is 0.453 e. The van der Waals surface area contributed by atoms with Crippen molar-refractivity contribution in [1.82, 2.24) is 0 Å². The van der Waals surface area contributed by atoms with Crippen LogP contribution in [-0.4, -0.2) is 35.2 Å². The van der Waals surface area contributed by atoms with Crippen LogP contribution in [0.25, 0.3) is 0 Å². The number of Topliss-reactive ketones (excluding diaryl/α,β-unsaturated/α-hetero) is 1. The van der Waals surface area contributed by atoms with Gasteiger partial charge in [-0.3, -0.25) is 4.79 Å². The van der Waals surface area contributed by atoms with Crippen LogP contribution in [0.4, 0.5) is 0 Å². The van der Waals surface area contributed by atoms with Crippen LogP contribution in [0.1, 0.15) is 85.0 Å². The Balaban J connectivity index is 1.48. The van der Waals surface area contributed by atoms with Crippen LogP contribution in [0, 0.1) is 46.3 Å². The summed E-state index contributed by atoms with van der Waals surface area (Å²) in [5.41, 5.74) is 0.510. The molecule has 0 heterocycles. The normalized spacial score (nSPS) is 44.0. The van der Waals surface area contributed by atoms with Crippen LogP contribution in [0.2, 0.25) is 0 Å². The topological polar surface area (TPSA) is 63.6 Å². The zero-order valence-electron chi connectivity index (χ0n) is 19.9. The first-order valence-electron chi connectivity index (χ1n) is 12.6. The highest BCUT2D eigenvalue weighted by Crippen LogP contribution is 2.67. The van der Waals surface area contributed by atoms with E-state index in [9.17, 15) is 14.7 Å². The smallest absolute Gasteiger partial charge is 0.335 e. The first-order chi connectivity index (χ1) is 14.7. The highest BCUT2D eigenvalue weighted by atomic mass is 32.2. The maximum atomic E-state index is 13.5. The fourth-order valence-corrected chi connectivity index (χ4v) is 9.00. The zero-order chi connectivity index (χ0) is 22.4. The molecule has 4 saturated carbocycles. The van der Waals surface area contributed by atoms with Crippen LogP contribution < -0.4 is 0 Å². The Morgan fingerprint density at radius 2 is 1.87 bits per heavy atom. The highest BCUT2D eigenvalue weighted by molar-refractivity contribution is 7.98. The Morgan fingerprint density at radius 1 is 1.13 bits per heavy atom. The summed E-state index contributed by atoms with van der Waals surface area (Å²) in [5, 5.41) is 10.4. The molecule has 1 unspecified atom stereocenters. The van der Waals surface area contributed by atoms with Crippen molar-refractivity contribution in [3.63, 3.8) is 0 Å². The van der Waals surface area contributed by atoms with E-state index >= 15 is 0 Å². The molecular formula is C26H42O4S. The number of thioether (sulfide) groups is 1. The van der Waals surface area contributed by atoms with Gasteiger partial charge in [0.05, 0.1) is 0 Å². The third kappa shape index (κ3) is 4.00. The van der Waals surface area contributed by atoms with E-state index in [1.54, 1.807) is 0 Å². The van der Waals surface area contributed by atoms with E-state index in [-0.39, 0.29) is 17.3 Å². The molecule has 1 N–H and O–H groups in total. The summed E-state index contributed by atoms with van der Waals surface area (Å²) in [7, 11) is 0. The minimum atomic E-state index is -1.04. The summed E-state index contributed by atoms with van der Waals surface area (Å²) >= 11 is 1.44. The summed E-state index contributed by atoms with van der Waals surface area (Å²) < 4.78 is 5.12. The molecule has 0 aliphatic heterocycles. The van der Waals surface area contributed by atoms with E-state index < -0.39 is 12.1 Å². The van der Waals surface area contributed by atoms with Gasteiger partial charge in [0.1, 0.15) is 11.7 Å². The minimum Gasteiger partial charge on any atom is -0.453 e. The Hall–Kier alpha value is -0.550. The number of carbonyl (C=O) groups is 2. The van der Waals surface area contributed by atoms with Crippen LogP contribution in [-0.2, 0) is 14.3 Å². The van der Waals surface area contributed by atoms with Crippen molar-refractivity contribution >= 4 is 23.5 Å². The highest BCUT2D eigenvalue weighted by Gasteiger charge is 2.62. The number of ether oxygens (including phenoxy) is 1. The van der Waals surface area contributed by atoms with Crippen molar-refractivity contribution in [2.45, 2.75) is 91.1 Å². The fraction of sp³-hybridized carbons (Fsp3) is 0.923. The van der Waals surface area contributed by atoms with Crippen molar-refractivity contribution in [1.29, 1.82) is 0 Å². The van der Waals surface area contributed by atoms with E-state index in [2.05, 4.69) is 20.8 Å². The van der Waals surface area contributed by atoms with Gasteiger partial charge in [0, 0.05) is 12.3 Å². The maximum absolute atomic E-state index is 13.5. The second-order valence-corrected chi connectivity index (χ2v) is 12.5. The molecule has 0 aromatic rings. The van der Waals surface area contributed by atoms with Crippen molar-refractivity contribution in [2.24, 2.45) is 46.3 Å². The first-order valence-corrected chi connectivity index (χ1v) is 14.0. The molecule has 0 saturated heterocycles. The zero-order valence-corrected chi connectivity index (χ0v) is 20.7. The summed E-state index contributed by atoms with van der Waals surface area (Å²) in [6.45, 7) is 7.12. The molecule has 4 rings (SSSR count). The molecule has 4 aliphatic carbocycles. The molecule has 0 aromatic heterocycles. The van der Waals surface area contributed by atoms with Crippen LogP contribution >= 0.6 is 11.8 Å².